The number of carbonyl (C=O) groups is 2. The number of aryl methyl sites for hydroxylation is 1. The molecule has 2 atom stereocenters. The highest BCUT2D eigenvalue weighted by atomic mass is 16.5. The van der Waals surface area contributed by atoms with Crippen molar-refractivity contribution in [3.05, 3.63) is 34.2 Å². The molecule has 1 aliphatic heterocycles. The van der Waals surface area contributed by atoms with Crippen LogP contribution in [0.1, 0.15) is 17.3 Å². The van der Waals surface area contributed by atoms with E-state index in [9.17, 15) is 14.4 Å². The number of fused-ring (bicyclic) bond motifs is 1. The average Bonchev–Trinajstić information content (AvgIpc) is 2.80. The minimum Gasteiger partial charge on any atom is -0.479 e. The first-order valence-corrected chi connectivity index (χ1v) is 7.23. The van der Waals surface area contributed by atoms with Crippen molar-refractivity contribution in [2.75, 3.05) is 13.1 Å². The van der Waals surface area contributed by atoms with Crippen LogP contribution in [0.25, 0.3) is 11.0 Å². The van der Waals surface area contributed by atoms with Gasteiger partial charge in [0.15, 0.2) is 6.10 Å². The predicted octanol–water partition coefficient (Wildman–Crippen LogP) is 0.181. The van der Waals surface area contributed by atoms with E-state index in [0.717, 1.165) is 0 Å². The Labute approximate surface area is 131 Å². The largest absolute Gasteiger partial charge is 0.479 e. The van der Waals surface area contributed by atoms with Gasteiger partial charge in [-0.15, -0.1) is 0 Å². The van der Waals surface area contributed by atoms with Crippen molar-refractivity contribution in [1.29, 1.82) is 0 Å². The van der Waals surface area contributed by atoms with Crippen LogP contribution in [0, 0.1) is 0 Å². The fourth-order valence-electron chi connectivity index (χ4n) is 2.79. The van der Waals surface area contributed by atoms with Crippen molar-refractivity contribution in [1.82, 2.24) is 14.5 Å². The first kappa shape index (κ1) is 15.3. The molecule has 1 saturated heterocycles. The quantitative estimate of drug-likeness (QED) is 0.821. The summed E-state index contributed by atoms with van der Waals surface area (Å²) >= 11 is 0. The predicted molar refractivity (Wildman–Crippen MR) is 81.4 cm³/mol. The minimum atomic E-state index is -1.09. The Morgan fingerprint density at radius 1 is 1.35 bits per heavy atom. The second kappa shape index (κ2) is 5.54. The second-order valence-electron chi connectivity index (χ2n) is 5.70. The molecule has 0 radical (unpaired) electrons. The Hall–Kier alpha value is -2.61. The van der Waals surface area contributed by atoms with Gasteiger partial charge >= 0.3 is 11.7 Å². The van der Waals surface area contributed by atoms with Gasteiger partial charge in [-0.1, -0.05) is 0 Å². The maximum Gasteiger partial charge on any atom is 0.334 e. The molecular formula is C15H17N3O5. The second-order valence-corrected chi connectivity index (χ2v) is 5.70. The topological polar surface area (TPSA) is 105 Å². The number of aliphatic carboxylic acids is 1. The van der Waals surface area contributed by atoms with E-state index in [2.05, 4.69) is 4.98 Å². The van der Waals surface area contributed by atoms with Gasteiger partial charge in [0.2, 0.25) is 0 Å². The van der Waals surface area contributed by atoms with E-state index in [1.165, 1.54) is 9.47 Å². The minimum absolute atomic E-state index is 0.00259. The van der Waals surface area contributed by atoms with E-state index in [-0.39, 0.29) is 24.2 Å². The highest BCUT2D eigenvalue weighted by Crippen LogP contribution is 2.18. The SMILES string of the molecule is C[C@@H]1CN(C(=O)c2ccc3[nH]c(=O)n(C)c3c2)CC(C(=O)O)O1. The van der Waals surface area contributed by atoms with Gasteiger partial charge in [-0.25, -0.2) is 9.59 Å². The molecule has 2 heterocycles. The number of aromatic nitrogens is 2. The fourth-order valence-corrected chi connectivity index (χ4v) is 2.79. The Morgan fingerprint density at radius 2 is 2.09 bits per heavy atom. The molecule has 23 heavy (non-hydrogen) atoms. The lowest BCUT2D eigenvalue weighted by atomic mass is 10.1. The lowest BCUT2D eigenvalue weighted by Gasteiger charge is -2.35. The summed E-state index contributed by atoms with van der Waals surface area (Å²) in [5.74, 6) is -1.36. The molecule has 1 aromatic carbocycles. The lowest BCUT2D eigenvalue weighted by molar-refractivity contribution is -0.160. The summed E-state index contributed by atoms with van der Waals surface area (Å²) in [6.45, 7) is 2.06. The highest BCUT2D eigenvalue weighted by molar-refractivity contribution is 5.97. The Morgan fingerprint density at radius 3 is 2.78 bits per heavy atom. The first-order valence-electron chi connectivity index (χ1n) is 7.23. The number of nitrogens with one attached hydrogen (secondary N) is 1. The van der Waals surface area contributed by atoms with Crippen LogP contribution in [0.2, 0.25) is 0 Å². The molecule has 2 aromatic rings. The Balaban J connectivity index is 1.91. The van der Waals surface area contributed by atoms with Crippen molar-refractivity contribution in [2.24, 2.45) is 7.05 Å². The molecule has 0 saturated carbocycles. The number of aromatic amines is 1. The zero-order valence-electron chi connectivity index (χ0n) is 12.8. The summed E-state index contributed by atoms with van der Waals surface area (Å²) < 4.78 is 6.74. The van der Waals surface area contributed by atoms with Crippen LogP contribution in [-0.4, -0.2) is 56.7 Å². The maximum atomic E-state index is 12.7. The number of ether oxygens (including phenoxy) is 1. The number of hydrogen-bond donors (Lipinski definition) is 2. The number of morpholine rings is 1. The number of hydrogen-bond acceptors (Lipinski definition) is 4. The molecule has 0 bridgehead atoms. The smallest absolute Gasteiger partial charge is 0.334 e. The van der Waals surface area contributed by atoms with Gasteiger partial charge in [0.25, 0.3) is 5.91 Å². The number of carbonyl (C=O) groups excluding carboxylic acids is 1. The Kier molecular flexibility index (Phi) is 3.69. The van der Waals surface area contributed by atoms with E-state index in [1.54, 1.807) is 32.2 Å². The zero-order chi connectivity index (χ0) is 16.7. The van der Waals surface area contributed by atoms with Gasteiger partial charge in [-0.05, 0) is 25.1 Å². The molecule has 8 heteroatoms. The van der Waals surface area contributed by atoms with Gasteiger partial charge in [-0.2, -0.15) is 0 Å². The third-order valence-corrected chi connectivity index (χ3v) is 3.98. The molecule has 0 aliphatic carbocycles. The summed E-state index contributed by atoms with van der Waals surface area (Å²) in [5, 5.41) is 9.10. The molecular weight excluding hydrogens is 302 g/mol. The van der Waals surface area contributed by atoms with Gasteiger partial charge in [-0.3, -0.25) is 9.36 Å². The van der Waals surface area contributed by atoms with E-state index < -0.39 is 12.1 Å². The summed E-state index contributed by atoms with van der Waals surface area (Å²) in [5.41, 5.74) is 1.42. The van der Waals surface area contributed by atoms with Crippen LogP contribution in [0.5, 0.6) is 0 Å². The third-order valence-electron chi connectivity index (χ3n) is 3.98. The number of benzene rings is 1. The number of imidazole rings is 1. The number of nitrogens with zero attached hydrogens (tertiary/aromatic N) is 2. The maximum absolute atomic E-state index is 12.7. The van der Waals surface area contributed by atoms with Crippen molar-refractivity contribution in [3.63, 3.8) is 0 Å². The molecule has 0 spiro atoms. The lowest BCUT2D eigenvalue weighted by Crippen LogP contribution is -2.51. The molecule has 1 aliphatic rings. The van der Waals surface area contributed by atoms with Crippen molar-refractivity contribution in [2.45, 2.75) is 19.1 Å². The summed E-state index contributed by atoms with van der Waals surface area (Å²) in [4.78, 5) is 39.5. The molecule has 122 valence electrons. The third kappa shape index (κ3) is 2.72. The molecule has 2 N–H and O–H groups in total. The van der Waals surface area contributed by atoms with Crippen LogP contribution in [0.4, 0.5) is 0 Å². The summed E-state index contributed by atoms with van der Waals surface area (Å²) in [7, 11) is 1.62. The highest BCUT2D eigenvalue weighted by Gasteiger charge is 2.33. The van der Waals surface area contributed by atoms with E-state index in [1.807, 2.05) is 0 Å². The number of carboxylic acid groups (broad SMARTS) is 1. The molecule has 8 nitrogen and oxygen atoms in total. The van der Waals surface area contributed by atoms with E-state index in [0.29, 0.717) is 23.1 Å². The number of H-pyrrole nitrogens is 1. The molecule has 1 amide bonds. The standard InChI is InChI=1S/C15H17N3O5/c1-8-6-18(7-12(23-8)14(20)21)13(19)9-3-4-10-11(5-9)17(2)15(22)16-10/h3-5,8,12H,6-7H2,1-2H3,(H,16,22)(H,20,21)/t8-,12?/m1/s1. The summed E-state index contributed by atoms with van der Waals surface area (Å²) in [6.07, 6.45) is -1.38. The van der Waals surface area contributed by atoms with Crippen LogP contribution in [0.3, 0.4) is 0 Å². The molecule has 1 fully saturated rings. The van der Waals surface area contributed by atoms with Crippen molar-refractivity contribution >= 4 is 22.9 Å². The summed E-state index contributed by atoms with van der Waals surface area (Å²) in [6, 6.07) is 4.92. The van der Waals surface area contributed by atoms with Crippen molar-refractivity contribution in [3.8, 4) is 0 Å². The van der Waals surface area contributed by atoms with Crippen LogP contribution in [-0.2, 0) is 16.6 Å². The monoisotopic (exact) mass is 319 g/mol. The average molecular weight is 319 g/mol. The van der Waals surface area contributed by atoms with Crippen LogP contribution >= 0.6 is 0 Å². The van der Waals surface area contributed by atoms with E-state index >= 15 is 0 Å². The van der Waals surface area contributed by atoms with Gasteiger partial charge in [0.1, 0.15) is 0 Å². The molecule has 1 aromatic heterocycles. The van der Waals surface area contributed by atoms with Crippen molar-refractivity contribution < 1.29 is 19.4 Å². The number of rotatable bonds is 2. The Bertz CT molecular complexity index is 837. The van der Waals surface area contributed by atoms with Crippen LogP contribution in [0.15, 0.2) is 23.0 Å². The number of carboxylic acids is 1. The van der Waals surface area contributed by atoms with Gasteiger partial charge in [0.05, 0.1) is 23.7 Å². The van der Waals surface area contributed by atoms with Crippen LogP contribution < -0.4 is 5.69 Å². The van der Waals surface area contributed by atoms with E-state index in [4.69, 9.17) is 9.84 Å². The first-order chi connectivity index (χ1) is 10.9. The molecule has 3 rings (SSSR count). The molecule has 1 unspecified atom stereocenters. The normalized spacial score (nSPS) is 21.6. The fraction of sp³-hybridized carbons (Fsp3) is 0.400. The number of amides is 1. The zero-order valence-corrected chi connectivity index (χ0v) is 12.8. The van der Waals surface area contributed by atoms with Gasteiger partial charge < -0.3 is 19.7 Å². The van der Waals surface area contributed by atoms with Gasteiger partial charge in [0, 0.05) is 19.2 Å².